The number of alkyl halides is 2. The first-order chi connectivity index (χ1) is 14.8. The van der Waals surface area contributed by atoms with Crippen molar-refractivity contribution in [1.82, 2.24) is 9.99 Å². The molecule has 0 aromatic carbocycles. The maximum atomic E-state index is 12.9. The van der Waals surface area contributed by atoms with Crippen molar-refractivity contribution < 1.29 is 8.78 Å². The van der Waals surface area contributed by atoms with E-state index in [2.05, 4.69) is 16.0 Å². The van der Waals surface area contributed by atoms with Crippen molar-refractivity contribution in [3.8, 4) is 0 Å². The van der Waals surface area contributed by atoms with Gasteiger partial charge in [0.1, 0.15) is 0 Å². The summed E-state index contributed by atoms with van der Waals surface area (Å²) in [4.78, 5) is 8.82. The number of aromatic nitrogens is 1. The molecular formula is C24H37F2N5. The fraction of sp³-hybridized carbons (Fsp3) is 0.583. The zero-order valence-corrected chi connectivity index (χ0v) is 19.0. The monoisotopic (exact) mass is 433 g/mol. The summed E-state index contributed by atoms with van der Waals surface area (Å²) < 4.78 is 25.8. The smallest absolute Gasteiger partial charge is 0.244 e. The van der Waals surface area contributed by atoms with Gasteiger partial charge in [-0.3, -0.25) is 9.98 Å². The van der Waals surface area contributed by atoms with Crippen LogP contribution in [0.25, 0.3) is 5.70 Å². The summed E-state index contributed by atoms with van der Waals surface area (Å²) in [6.45, 7) is 3.24. The van der Waals surface area contributed by atoms with E-state index in [0.29, 0.717) is 35.6 Å². The first kappa shape index (κ1) is 25.0. The Labute approximate surface area is 185 Å². The standard InChI is InChI=1S/C24H37F2N5/c1-4-29-20(14-17(2)24(25)26)11-13-22(31(3)28)23(27)21-12-10-19(16-30-21)15-18-8-6-5-7-9-18/h4,10,12,14,16-18,24H,5-9,11,13,15,27-28H2,1-3H3/b20-14-,23-22-,29-4-. The van der Waals surface area contributed by atoms with Crippen LogP contribution in [0.2, 0.25) is 0 Å². The van der Waals surface area contributed by atoms with Gasteiger partial charge in [0.15, 0.2) is 0 Å². The van der Waals surface area contributed by atoms with Crippen molar-refractivity contribution in [2.75, 3.05) is 7.05 Å². The summed E-state index contributed by atoms with van der Waals surface area (Å²) in [6, 6.07) is 4.03. The predicted molar refractivity (Wildman–Crippen MR) is 124 cm³/mol. The number of hydrogen-bond donors (Lipinski definition) is 2. The Kier molecular flexibility index (Phi) is 10.1. The highest BCUT2D eigenvalue weighted by molar-refractivity contribution is 5.62. The Morgan fingerprint density at radius 2 is 1.97 bits per heavy atom. The van der Waals surface area contributed by atoms with E-state index in [-0.39, 0.29) is 0 Å². The molecule has 172 valence electrons. The van der Waals surface area contributed by atoms with Crippen LogP contribution in [0.15, 0.2) is 40.8 Å². The van der Waals surface area contributed by atoms with Crippen molar-refractivity contribution in [3.05, 3.63) is 47.1 Å². The van der Waals surface area contributed by atoms with Crippen molar-refractivity contribution in [1.29, 1.82) is 0 Å². The summed E-state index contributed by atoms with van der Waals surface area (Å²) in [7, 11) is 1.72. The van der Waals surface area contributed by atoms with Gasteiger partial charge < -0.3 is 10.7 Å². The zero-order chi connectivity index (χ0) is 22.8. The van der Waals surface area contributed by atoms with Gasteiger partial charge in [0, 0.05) is 31.1 Å². The molecule has 0 saturated heterocycles. The highest BCUT2D eigenvalue weighted by Gasteiger charge is 2.16. The van der Waals surface area contributed by atoms with Crippen LogP contribution >= 0.6 is 0 Å². The normalized spacial score (nSPS) is 17.8. The highest BCUT2D eigenvalue weighted by Crippen LogP contribution is 2.27. The highest BCUT2D eigenvalue weighted by atomic mass is 19.3. The third-order valence-corrected chi connectivity index (χ3v) is 5.85. The second-order valence-corrected chi connectivity index (χ2v) is 8.47. The number of allylic oxidation sites excluding steroid dienone is 3. The van der Waals surface area contributed by atoms with Gasteiger partial charge in [0.2, 0.25) is 6.43 Å². The third-order valence-electron chi connectivity index (χ3n) is 5.85. The van der Waals surface area contributed by atoms with E-state index in [4.69, 9.17) is 11.6 Å². The molecule has 1 unspecified atom stereocenters. The Hall–Kier alpha value is -2.28. The van der Waals surface area contributed by atoms with E-state index in [0.717, 1.165) is 12.3 Å². The molecule has 1 aromatic heterocycles. The van der Waals surface area contributed by atoms with Crippen LogP contribution in [0, 0.1) is 11.8 Å². The lowest BCUT2D eigenvalue weighted by Crippen LogP contribution is -2.28. The second kappa shape index (κ2) is 12.5. The van der Waals surface area contributed by atoms with E-state index in [1.54, 1.807) is 20.2 Å². The number of halogens is 2. The number of hydrazine groups is 1. The molecule has 0 radical (unpaired) electrons. The summed E-state index contributed by atoms with van der Waals surface area (Å²) >= 11 is 0. The van der Waals surface area contributed by atoms with Crippen molar-refractivity contribution in [2.24, 2.45) is 28.4 Å². The average molecular weight is 434 g/mol. The Morgan fingerprint density at radius 3 is 2.52 bits per heavy atom. The van der Waals surface area contributed by atoms with Crippen LogP contribution in [0.4, 0.5) is 8.78 Å². The van der Waals surface area contributed by atoms with E-state index < -0.39 is 12.3 Å². The molecule has 0 aliphatic heterocycles. The number of rotatable bonds is 10. The fourth-order valence-corrected chi connectivity index (χ4v) is 4.06. The molecule has 7 heteroatoms. The largest absolute Gasteiger partial charge is 0.396 e. The lowest BCUT2D eigenvalue weighted by molar-refractivity contribution is 0.108. The van der Waals surface area contributed by atoms with Gasteiger partial charge in [-0.15, -0.1) is 0 Å². The Balaban J connectivity index is 2.12. The van der Waals surface area contributed by atoms with Crippen LogP contribution in [-0.2, 0) is 6.42 Å². The molecule has 1 heterocycles. The summed E-state index contributed by atoms with van der Waals surface area (Å²) in [5, 5.41) is 1.47. The number of aliphatic imine (C=N–C) groups is 1. The van der Waals surface area contributed by atoms with Gasteiger partial charge in [0.05, 0.1) is 17.1 Å². The van der Waals surface area contributed by atoms with E-state index in [1.165, 1.54) is 55.7 Å². The van der Waals surface area contributed by atoms with Crippen LogP contribution in [0.3, 0.4) is 0 Å². The van der Waals surface area contributed by atoms with Gasteiger partial charge in [-0.1, -0.05) is 51.2 Å². The maximum Gasteiger partial charge on any atom is 0.244 e. The quantitative estimate of drug-likeness (QED) is 0.298. The molecule has 0 bridgehead atoms. The van der Waals surface area contributed by atoms with Crippen LogP contribution in [0.1, 0.15) is 70.1 Å². The number of pyridine rings is 1. The van der Waals surface area contributed by atoms with Crippen molar-refractivity contribution in [2.45, 2.75) is 71.6 Å². The molecule has 0 spiro atoms. The molecule has 5 nitrogen and oxygen atoms in total. The van der Waals surface area contributed by atoms with Gasteiger partial charge in [-0.2, -0.15) is 0 Å². The van der Waals surface area contributed by atoms with Crippen molar-refractivity contribution >= 4 is 11.9 Å². The van der Waals surface area contributed by atoms with Crippen molar-refractivity contribution in [3.63, 3.8) is 0 Å². The maximum absolute atomic E-state index is 12.9. The Morgan fingerprint density at radius 1 is 1.26 bits per heavy atom. The van der Waals surface area contributed by atoms with E-state index >= 15 is 0 Å². The molecule has 2 rings (SSSR count). The van der Waals surface area contributed by atoms with E-state index in [9.17, 15) is 8.78 Å². The van der Waals surface area contributed by atoms with Crippen LogP contribution in [-0.4, -0.2) is 29.7 Å². The molecule has 1 saturated carbocycles. The summed E-state index contributed by atoms with van der Waals surface area (Å²) in [5.74, 6) is 5.91. The molecular weight excluding hydrogens is 396 g/mol. The average Bonchev–Trinajstić information content (AvgIpc) is 2.74. The molecule has 1 fully saturated rings. The molecule has 1 aromatic rings. The molecule has 31 heavy (non-hydrogen) atoms. The topological polar surface area (TPSA) is 80.5 Å². The number of nitrogens with zero attached hydrogens (tertiary/aromatic N) is 3. The molecule has 1 aliphatic carbocycles. The third kappa shape index (κ3) is 8.05. The first-order valence-electron chi connectivity index (χ1n) is 11.2. The minimum atomic E-state index is -2.42. The zero-order valence-electron chi connectivity index (χ0n) is 19.0. The van der Waals surface area contributed by atoms with Crippen LogP contribution in [0.5, 0.6) is 0 Å². The minimum absolute atomic E-state index is 0.457. The molecule has 0 amide bonds. The number of nitrogens with two attached hydrogens (primary N) is 2. The molecule has 1 atom stereocenters. The van der Waals surface area contributed by atoms with Crippen LogP contribution < -0.4 is 11.6 Å². The lowest BCUT2D eigenvalue weighted by atomic mass is 9.85. The number of hydrogen-bond acceptors (Lipinski definition) is 5. The molecule has 1 aliphatic rings. The van der Waals surface area contributed by atoms with E-state index in [1.807, 2.05) is 12.3 Å². The second-order valence-electron chi connectivity index (χ2n) is 8.47. The van der Waals surface area contributed by atoms with Gasteiger partial charge >= 0.3 is 0 Å². The summed E-state index contributed by atoms with van der Waals surface area (Å²) in [5.41, 5.74) is 10.1. The predicted octanol–water partition coefficient (Wildman–Crippen LogP) is 5.29. The Bertz CT molecular complexity index is 763. The lowest BCUT2D eigenvalue weighted by Gasteiger charge is -2.22. The minimum Gasteiger partial charge on any atom is -0.396 e. The first-order valence-corrected chi connectivity index (χ1v) is 11.2. The molecule has 4 N–H and O–H groups in total. The SMILES string of the molecule is C/C=N\C(=C/C(C)C(F)F)CC/C(=C(/N)c1ccc(CC2CCCCC2)cn1)N(C)N. The van der Waals surface area contributed by atoms with Gasteiger partial charge in [-0.25, -0.2) is 14.6 Å². The van der Waals surface area contributed by atoms with Gasteiger partial charge in [0.25, 0.3) is 0 Å². The summed E-state index contributed by atoms with van der Waals surface area (Å²) in [6.07, 6.45) is 11.2. The van der Waals surface area contributed by atoms with Gasteiger partial charge in [-0.05, 0) is 43.7 Å². The fourth-order valence-electron chi connectivity index (χ4n) is 4.06.